The van der Waals surface area contributed by atoms with E-state index in [1.165, 1.54) is 56.1 Å². The molecule has 0 amide bonds. The van der Waals surface area contributed by atoms with E-state index in [2.05, 4.69) is 39.9 Å². The summed E-state index contributed by atoms with van der Waals surface area (Å²) in [6.07, 6.45) is 9.15. The van der Waals surface area contributed by atoms with Crippen LogP contribution in [0.3, 0.4) is 0 Å². The van der Waals surface area contributed by atoms with E-state index in [4.69, 9.17) is 4.74 Å². The molecule has 2 fully saturated rings. The van der Waals surface area contributed by atoms with Crippen LogP contribution in [0.4, 0.5) is 0 Å². The Morgan fingerprint density at radius 2 is 1.90 bits per heavy atom. The molecule has 0 spiro atoms. The molecule has 1 aromatic heterocycles. The monoisotopic (exact) mass is 284 g/mol. The number of methoxy groups -OCH3 is 1. The Morgan fingerprint density at radius 1 is 1.10 bits per heavy atom. The molecule has 3 heteroatoms. The molecule has 2 aliphatic rings. The van der Waals surface area contributed by atoms with Gasteiger partial charge in [-0.2, -0.15) is 0 Å². The standard InChI is InChI=1S/C18H24N2O/c1-21-16-5-6-17-15(13-16)7-12-19(17)14-18(8-9-18)20-10-3-2-4-11-20/h5-7,12-13H,2-4,8-11,14H2,1H3. The average Bonchev–Trinajstić information content (AvgIpc) is 3.23. The van der Waals surface area contributed by atoms with Crippen molar-refractivity contribution in [1.82, 2.24) is 9.47 Å². The molecule has 0 bridgehead atoms. The Balaban J connectivity index is 1.59. The van der Waals surface area contributed by atoms with E-state index in [1.54, 1.807) is 7.11 Å². The molecule has 0 N–H and O–H groups in total. The number of piperidine rings is 1. The van der Waals surface area contributed by atoms with Crippen LogP contribution >= 0.6 is 0 Å². The molecule has 1 saturated carbocycles. The van der Waals surface area contributed by atoms with Crippen molar-refractivity contribution in [2.24, 2.45) is 0 Å². The zero-order valence-electron chi connectivity index (χ0n) is 12.8. The number of rotatable bonds is 4. The van der Waals surface area contributed by atoms with Gasteiger partial charge in [-0.1, -0.05) is 6.42 Å². The van der Waals surface area contributed by atoms with Crippen molar-refractivity contribution in [3.63, 3.8) is 0 Å². The summed E-state index contributed by atoms with van der Waals surface area (Å²) in [7, 11) is 1.73. The average molecular weight is 284 g/mol. The topological polar surface area (TPSA) is 17.4 Å². The van der Waals surface area contributed by atoms with Gasteiger partial charge in [0.05, 0.1) is 7.11 Å². The lowest BCUT2D eigenvalue weighted by Crippen LogP contribution is -2.43. The molecule has 1 aliphatic heterocycles. The van der Waals surface area contributed by atoms with Crippen LogP contribution < -0.4 is 4.74 Å². The maximum atomic E-state index is 5.32. The van der Waals surface area contributed by atoms with E-state index in [0.29, 0.717) is 5.54 Å². The maximum Gasteiger partial charge on any atom is 0.119 e. The molecule has 0 atom stereocenters. The number of likely N-dealkylation sites (tertiary alicyclic amines) is 1. The van der Waals surface area contributed by atoms with Gasteiger partial charge in [0.25, 0.3) is 0 Å². The van der Waals surface area contributed by atoms with Crippen molar-refractivity contribution in [3.8, 4) is 5.75 Å². The number of ether oxygens (including phenoxy) is 1. The molecule has 0 unspecified atom stereocenters. The van der Waals surface area contributed by atoms with Crippen LogP contribution in [0.25, 0.3) is 10.9 Å². The first kappa shape index (κ1) is 13.2. The minimum atomic E-state index is 0.451. The van der Waals surface area contributed by atoms with Crippen LogP contribution in [-0.2, 0) is 6.54 Å². The summed E-state index contributed by atoms with van der Waals surface area (Å²) >= 11 is 0. The summed E-state index contributed by atoms with van der Waals surface area (Å²) in [5, 5.41) is 1.28. The number of hydrogen-bond donors (Lipinski definition) is 0. The van der Waals surface area contributed by atoms with Gasteiger partial charge in [-0.15, -0.1) is 0 Å². The molecule has 2 aromatic rings. The van der Waals surface area contributed by atoms with Gasteiger partial charge in [0.1, 0.15) is 5.75 Å². The van der Waals surface area contributed by atoms with Gasteiger partial charge >= 0.3 is 0 Å². The zero-order valence-corrected chi connectivity index (χ0v) is 12.8. The lowest BCUT2D eigenvalue weighted by molar-refractivity contribution is 0.131. The van der Waals surface area contributed by atoms with Gasteiger partial charge in [-0.3, -0.25) is 4.90 Å². The van der Waals surface area contributed by atoms with Gasteiger partial charge in [0.2, 0.25) is 0 Å². The Kier molecular flexibility index (Phi) is 3.18. The molecule has 2 heterocycles. The molecule has 1 aliphatic carbocycles. The smallest absolute Gasteiger partial charge is 0.119 e. The summed E-state index contributed by atoms with van der Waals surface area (Å²) in [5.74, 6) is 0.942. The fourth-order valence-corrected chi connectivity index (χ4v) is 3.85. The number of aromatic nitrogens is 1. The van der Waals surface area contributed by atoms with Crippen LogP contribution in [-0.4, -0.2) is 35.2 Å². The van der Waals surface area contributed by atoms with Gasteiger partial charge in [-0.25, -0.2) is 0 Å². The molecule has 21 heavy (non-hydrogen) atoms. The minimum absolute atomic E-state index is 0.451. The lowest BCUT2D eigenvalue weighted by atomic mass is 10.1. The quantitative estimate of drug-likeness (QED) is 0.852. The van der Waals surface area contributed by atoms with E-state index in [0.717, 1.165) is 12.3 Å². The van der Waals surface area contributed by atoms with Crippen molar-refractivity contribution < 1.29 is 4.74 Å². The van der Waals surface area contributed by atoms with Gasteiger partial charge in [0, 0.05) is 29.2 Å². The SMILES string of the molecule is COc1ccc2c(ccn2CC2(N3CCCCC3)CC2)c1. The Labute approximate surface area is 126 Å². The summed E-state index contributed by atoms with van der Waals surface area (Å²) in [5.41, 5.74) is 1.78. The highest BCUT2D eigenvalue weighted by atomic mass is 16.5. The van der Waals surface area contributed by atoms with E-state index in [9.17, 15) is 0 Å². The highest BCUT2D eigenvalue weighted by Crippen LogP contribution is 2.45. The number of fused-ring (bicyclic) bond motifs is 1. The van der Waals surface area contributed by atoms with Crippen molar-refractivity contribution in [3.05, 3.63) is 30.5 Å². The van der Waals surface area contributed by atoms with Crippen LogP contribution in [0, 0.1) is 0 Å². The van der Waals surface area contributed by atoms with E-state index < -0.39 is 0 Å². The second kappa shape index (κ2) is 5.06. The molecule has 1 aromatic carbocycles. The van der Waals surface area contributed by atoms with Crippen molar-refractivity contribution in [2.45, 2.75) is 44.2 Å². The summed E-state index contributed by atoms with van der Waals surface area (Å²) in [6, 6.07) is 8.61. The second-order valence-electron chi connectivity index (χ2n) is 6.64. The normalized spacial score (nSPS) is 21.6. The third kappa shape index (κ3) is 2.34. The van der Waals surface area contributed by atoms with Gasteiger partial charge in [0.15, 0.2) is 0 Å². The zero-order chi connectivity index (χ0) is 14.3. The van der Waals surface area contributed by atoms with Crippen molar-refractivity contribution in [2.75, 3.05) is 20.2 Å². The molecular formula is C18H24N2O. The van der Waals surface area contributed by atoms with Crippen LogP contribution in [0.5, 0.6) is 5.75 Å². The first-order chi connectivity index (χ1) is 10.3. The Hall–Kier alpha value is -1.48. The number of nitrogens with zero attached hydrogens (tertiary/aromatic N) is 2. The Morgan fingerprint density at radius 3 is 2.62 bits per heavy atom. The highest BCUT2D eigenvalue weighted by Gasteiger charge is 2.48. The summed E-state index contributed by atoms with van der Waals surface area (Å²) in [6.45, 7) is 3.74. The van der Waals surface area contributed by atoms with Crippen LogP contribution in [0.2, 0.25) is 0 Å². The van der Waals surface area contributed by atoms with E-state index in [1.807, 2.05) is 0 Å². The van der Waals surface area contributed by atoms with Crippen LogP contribution in [0.1, 0.15) is 32.1 Å². The number of hydrogen-bond acceptors (Lipinski definition) is 2. The minimum Gasteiger partial charge on any atom is -0.497 e. The first-order valence-electron chi connectivity index (χ1n) is 8.19. The third-order valence-corrected chi connectivity index (χ3v) is 5.30. The molecular weight excluding hydrogens is 260 g/mol. The van der Waals surface area contributed by atoms with Crippen LogP contribution in [0.15, 0.2) is 30.5 Å². The lowest BCUT2D eigenvalue weighted by Gasteiger charge is -2.35. The molecule has 1 saturated heterocycles. The Bertz CT molecular complexity index is 636. The number of benzene rings is 1. The molecule has 4 rings (SSSR count). The van der Waals surface area contributed by atoms with E-state index in [-0.39, 0.29) is 0 Å². The second-order valence-corrected chi connectivity index (χ2v) is 6.64. The van der Waals surface area contributed by atoms with Gasteiger partial charge in [-0.05, 0) is 63.0 Å². The summed E-state index contributed by atoms with van der Waals surface area (Å²) in [4.78, 5) is 2.76. The predicted octanol–water partition coefficient (Wildman–Crippen LogP) is 3.67. The highest BCUT2D eigenvalue weighted by molar-refractivity contribution is 5.81. The molecule has 0 radical (unpaired) electrons. The molecule has 112 valence electrons. The fourth-order valence-electron chi connectivity index (χ4n) is 3.85. The fraction of sp³-hybridized carbons (Fsp3) is 0.556. The first-order valence-corrected chi connectivity index (χ1v) is 8.19. The van der Waals surface area contributed by atoms with Gasteiger partial charge < -0.3 is 9.30 Å². The predicted molar refractivity (Wildman–Crippen MR) is 85.9 cm³/mol. The van der Waals surface area contributed by atoms with Crippen molar-refractivity contribution >= 4 is 10.9 Å². The maximum absolute atomic E-state index is 5.32. The largest absolute Gasteiger partial charge is 0.497 e. The molecule has 3 nitrogen and oxygen atoms in total. The van der Waals surface area contributed by atoms with Crippen molar-refractivity contribution in [1.29, 1.82) is 0 Å². The summed E-state index contributed by atoms with van der Waals surface area (Å²) < 4.78 is 7.76. The van der Waals surface area contributed by atoms with E-state index >= 15 is 0 Å². The third-order valence-electron chi connectivity index (χ3n) is 5.30.